The Labute approximate surface area is 151 Å². The minimum absolute atomic E-state index is 0.185. The monoisotopic (exact) mass is 362 g/mol. The van der Waals surface area contributed by atoms with E-state index in [0.717, 1.165) is 18.4 Å². The lowest BCUT2D eigenvalue weighted by atomic mass is 9.81. The Kier molecular flexibility index (Phi) is 4.06. The molecule has 0 unspecified atom stereocenters. The smallest absolute Gasteiger partial charge is 0.334 e. The molecule has 0 aromatic rings. The van der Waals surface area contributed by atoms with Gasteiger partial charge in [0, 0.05) is 17.6 Å². The fraction of sp³-hybridized carbons (Fsp3) is 0.579. The summed E-state index contributed by atoms with van der Waals surface area (Å²) in [4.78, 5) is 24.3. The molecule has 0 amide bonds. The van der Waals surface area contributed by atoms with E-state index in [0.29, 0.717) is 0 Å². The van der Waals surface area contributed by atoms with E-state index >= 15 is 0 Å². The summed E-state index contributed by atoms with van der Waals surface area (Å²) in [5.41, 5.74) is 0.475. The lowest BCUT2D eigenvalue weighted by molar-refractivity contribution is -0.163. The van der Waals surface area contributed by atoms with Crippen molar-refractivity contribution in [1.29, 1.82) is 0 Å². The predicted octanol–water partition coefficient (Wildman–Crippen LogP) is 1.17. The summed E-state index contributed by atoms with van der Waals surface area (Å²) < 4.78 is 22.5. The van der Waals surface area contributed by atoms with Gasteiger partial charge in [-0.15, -0.1) is 0 Å². The van der Waals surface area contributed by atoms with Crippen molar-refractivity contribution in [2.45, 2.75) is 56.4 Å². The number of rotatable bonds is 2. The molecule has 4 heterocycles. The van der Waals surface area contributed by atoms with Crippen LogP contribution in [0.4, 0.5) is 0 Å². The molecular formula is C19H22O7. The number of epoxide rings is 1. The molecule has 3 saturated heterocycles. The minimum atomic E-state index is -1.13. The molecule has 7 heteroatoms. The first-order chi connectivity index (χ1) is 12.3. The molecule has 2 bridgehead atoms. The van der Waals surface area contributed by atoms with Crippen LogP contribution in [0.25, 0.3) is 0 Å². The highest BCUT2D eigenvalue weighted by Crippen LogP contribution is 2.51. The maximum absolute atomic E-state index is 12.2. The van der Waals surface area contributed by atoms with Crippen molar-refractivity contribution in [3.05, 3.63) is 36.0 Å². The van der Waals surface area contributed by atoms with Gasteiger partial charge < -0.3 is 24.1 Å². The Morgan fingerprint density at radius 1 is 1.46 bits per heavy atom. The van der Waals surface area contributed by atoms with Crippen LogP contribution in [0.15, 0.2) is 36.0 Å². The van der Waals surface area contributed by atoms with Crippen LogP contribution in [0.5, 0.6) is 0 Å². The van der Waals surface area contributed by atoms with E-state index < -0.39 is 42.0 Å². The quantitative estimate of drug-likeness (QED) is 0.341. The fourth-order valence-corrected chi connectivity index (χ4v) is 4.09. The molecule has 0 radical (unpaired) electrons. The number of aliphatic hydroxyl groups excluding tert-OH is 1. The second-order valence-corrected chi connectivity index (χ2v) is 7.44. The van der Waals surface area contributed by atoms with Crippen molar-refractivity contribution in [2.24, 2.45) is 5.92 Å². The average Bonchev–Trinajstić information content (AvgIpc) is 3.20. The van der Waals surface area contributed by atoms with Gasteiger partial charge in [0.1, 0.15) is 17.8 Å². The first-order valence-electron chi connectivity index (χ1n) is 8.75. The fourth-order valence-electron chi connectivity index (χ4n) is 4.09. The molecule has 5 aliphatic rings. The summed E-state index contributed by atoms with van der Waals surface area (Å²) in [6.07, 6.45) is 0.815. The molecule has 7 nitrogen and oxygen atoms in total. The molecule has 6 atom stereocenters. The Balaban J connectivity index is 1.76. The molecule has 3 fully saturated rings. The molecule has 1 N–H and O–H groups in total. The van der Waals surface area contributed by atoms with Gasteiger partial charge in [0.2, 0.25) is 0 Å². The lowest BCUT2D eigenvalue weighted by Crippen LogP contribution is -2.45. The van der Waals surface area contributed by atoms with Crippen LogP contribution in [-0.2, 0) is 28.5 Å². The van der Waals surface area contributed by atoms with Gasteiger partial charge in [-0.25, -0.2) is 9.59 Å². The molecule has 0 aromatic carbocycles. The molecule has 26 heavy (non-hydrogen) atoms. The maximum Gasteiger partial charge on any atom is 0.334 e. The molecule has 0 saturated carbocycles. The normalized spacial score (nSPS) is 43.3. The summed E-state index contributed by atoms with van der Waals surface area (Å²) in [6, 6.07) is 0. The van der Waals surface area contributed by atoms with Crippen LogP contribution in [0, 0.1) is 5.92 Å². The number of esters is 2. The zero-order chi connectivity index (χ0) is 18.6. The van der Waals surface area contributed by atoms with Gasteiger partial charge >= 0.3 is 11.9 Å². The van der Waals surface area contributed by atoms with Crippen molar-refractivity contribution in [2.75, 3.05) is 6.61 Å². The Bertz CT molecular complexity index is 723. The predicted molar refractivity (Wildman–Crippen MR) is 88.7 cm³/mol. The van der Waals surface area contributed by atoms with Crippen molar-refractivity contribution < 1.29 is 33.6 Å². The average molecular weight is 362 g/mol. The first-order valence-corrected chi connectivity index (χ1v) is 8.75. The summed E-state index contributed by atoms with van der Waals surface area (Å²) >= 11 is 0. The molecule has 4 aliphatic heterocycles. The third-order valence-electron chi connectivity index (χ3n) is 5.61. The van der Waals surface area contributed by atoms with Gasteiger partial charge in [0.05, 0.1) is 18.6 Å². The number of fused-ring (bicyclic) bond motifs is 4. The summed E-state index contributed by atoms with van der Waals surface area (Å²) in [7, 11) is 0. The number of hydrogen-bond donors (Lipinski definition) is 1. The summed E-state index contributed by atoms with van der Waals surface area (Å²) in [5.74, 6) is -1.61. The number of carbonyl (C=O) groups is 2. The van der Waals surface area contributed by atoms with Crippen molar-refractivity contribution >= 4 is 11.9 Å². The van der Waals surface area contributed by atoms with Crippen LogP contribution in [0.2, 0.25) is 0 Å². The molecular weight excluding hydrogens is 340 g/mol. The number of hydrogen-bond acceptors (Lipinski definition) is 7. The van der Waals surface area contributed by atoms with E-state index in [2.05, 4.69) is 13.2 Å². The van der Waals surface area contributed by atoms with E-state index in [1.54, 1.807) is 6.92 Å². The van der Waals surface area contributed by atoms with Crippen LogP contribution >= 0.6 is 0 Å². The largest absolute Gasteiger partial charge is 0.458 e. The standard InChI is InChI=1S/C19H22O7/c1-9(2)16(20)25-13-7-19-14(26-19)5-4-11(8-23-18(19)22)6-12-15(13)10(3)17(21)24-12/h6,12-15,18,22H,1,3-5,7-8H2,2H3/b11-6-/t12-,13-,14-,15-,18+,19+/m0/s1. The Hall–Kier alpha value is -1.96. The van der Waals surface area contributed by atoms with Crippen molar-refractivity contribution in [3.63, 3.8) is 0 Å². The summed E-state index contributed by atoms with van der Waals surface area (Å²) in [5, 5.41) is 10.5. The molecule has 1 spiro atoms. The SMILES string of the molecule is C=C(C)C(=O)O[C@H]1C[C@@]23O[C@H]2CC/C(=C/[C@@H]2OC(=O)C(=C)[C@@H]21)CO[C@H]3O. The van der Waals surface area contributed by atoms with Crippen LogP contribution in [-0.4, -0.2) is 53.9 Å². The van der Waals surface area contributed by atoms with Crippen molar-refractivity contribution in [3.8, 4) is 0 Å². The van der Waals surface area contributed by atoms with E-state index in [9.17, 15) is 14.7 Å². The lowest BCUT2D eigenvalue weighted by Gasteiger charge is -2.33. The Morgan fingerprint density at radius 3 is 2.96 bits per heavy atom. The van der Waals surface area contributed by atoms with E-state index in [4.69, 9.17) is 18.9 Å². The second-order valence-electron chi connectivity index (χ2n) is 7.44. The Morgan fingerprint density at radius 2 is 2.23 bits per heavy atom. The highest BCUT2D eigenvalue weighted by molar-refractivity contribution is 5.91. The highest BCUT2D eigenvalue weighted by atomic mass is 16.7. The zero-order valence-corrected chi connectivity index (χ0v) is 14.6. The van der Waals surface area contributed by atoms with E-state index in [1.165, 1.54) is 0 Å². The number of carbonyl (C=O) groups excluding carboxylic acids is 2. The van der Waals surface area contributed by atoms with Gasteiger partial charge in [0.25, 0.3) is 0 Å². The van der Waals surface area contributed by atoms with Crippen molar-refractivity contribution in [1.82, 2.24) is 0 Å². The van der Waals surface area contributed by atoms with Gasteiger partial charge in [0.15, 0.2) is 6.29 Å². The van der Waals surface area contributed by atoms with Crippen LogP contribution in [0.1, 0.15) is 26.2 Å². The molecule has 1 aliphatic carbocycles. The third-order valence-corrected chi connectivity index (χ3v) is 5.61. The van der Waals surface area contributed by atoms with E-state index in [1.807, 2.05) is 6.08 Å². The third kappa shape index (κ3) is 2.71. The van der Waals surface area contributed by atoms with Gasteiger partial charge in [-0.05, 0) is 31.4 Å². The van der Waals surface area contributed by atoms with Gasteiger partial charge in [-0.3, -0.25) is 0 Å². The minimum Gasteiger partial charge on any atom is -0.458 e. The topological polar surface area (TPSA) is 94.6 Å². The highest BCUT2D eigenvalue weighted by Gasteiger charge is 2.65. The maximum atomic E-state index is 12.2. The first kappa shape index (κ1) is 17.5. The second kappa shape index (κ2) is 6.04. The van der Waals surface area contributed by atoms with Gasteiger partial charge in [-0.1, -0.05) is 13.2 Å². The zero-order valence-electron chi connectivity index (χ0n) is 14.6. The van der Waals surface area contributed by atoms with Gasteiger partial charge in [-0.2, -0.15) is 0 Å². The molecule has 5 rings (SSSR count). The van der Waals surface area contributed by atoms with Crippen LogP contribution < -0.4 is 0 Å². The van der Waals surface area contributed by atoms with Crippen LogP contribution in [0.3, 0.4) is 0 Å². The molecule has 140 valence electrons. The molecule has 0 aromatic heterocycles. The van der Waals surface area contributed by atoms with E-state index in [-0.39, 0.29) is 30.3 Å². The summed E-state index contributed by atoms with van der Waals surface area (Å²) in [6.45, 7) is 9.24. The number of aliphatic hydroxyl groups is 1. The number of ether oxygens (including phenoxy) is 4.